The summed E-state index contributed by atoms with van der Waals surface area (Å²) >= 11 is 0. The third kappa shape index (κ3) is 3.32. The van der Waals surface area contributed by atoms with E-state index in [1.165, 1.54) is 37.6 Å². The molecule has 0 amide bonds. The van der Waals surface area contributed by atoms with Gasteiger partial charge in [0, 0.05) is 49.4 Å². The molecule has 0 radical (unpaired) electrons. The van der Waals surface area contributed by atoms with Crippen LogP contribution in [0, 0.1) is 5.92 Å². The number of benzene rings is 1. The highest BCUT2D eigenvalue weighted by Gasteiger charge is 2.31. The Morgan fingerprint density at radius 2 is 2.00 bits per heavy atom. The minimum atomic E-state index is 0.238. The molecule has 2 fully saturated rings. The van der Waals surface area contributed by atoms with Crippen molar-refractivity contribution in [1.82, 2.24) is 14.5 Å². The number of aliphatic hydroxyl groups is 1. The lowest BCUT2D eigenvalue weighted by Crippen LogP contribution is -2.28. The molecule has 1 N–H and O–H groups in total. The van der Waals surface area contributed by atoms with Gasteiger partial charge in [0.05, 0.1) is 28.7 Å². The van der Waals surface area contributed by atoms with Gasteiger partial charge in [0.15, 0.2) is 0 Å². The molecule has 166 valence electrons. The van der Waals surface area contributed by atoms with Gasteiger partial charge in [-0.15, -0.1) is 0 Å². The minimum Gasteiger partial charge on any atom is -0.396 e. The van der Waals surface area contributed by atoms with E-state index in [1.54, 1.807) is 0 Å². The number of nitrogens with zero attached hydrogens (tertiary/aromatic N) is 5. The molecule has 32 heavy (non-hydrogen) atoms. The molecule has 6 nitrogen and oxygen atoms in total. The zero-order chi connectivity index (χ0) is 21.7. The third-order valence-electron chi connectivity index (χ3n) is 7.62. The van der Waals surface area contributed by atoms with Crippen LogP contribution in [0.4, 0.5) is 11.5 Å². The van der Waals surface area contributed by atoms with E-state index in [1.807, 2.05) is 12.5 Å². The van der Waals surface area contributed by atoms with E-state index in [2.05, 4.69) is 45.6 Å². The van der Waals surface area contributed by atoms with Gasteiger partial charge in [0.2, 0.25) is 0 Å². The van der Waals surface area contributed by atoms with Crippen molar-refractivity contribution in [3.63, 3.8) is 0 Å². The fourth-order valence-corrected chi connectivity index (χ4v) is 5.90. The zero-order valence-electron chi connectivity index (χ0n) is 18.7. The molecule has 1 aromatic carbocycles. The molecule has 6 heteroatoms. The second-order valence-electron chi connectivity index (χ2n) is 9.77. The molecular formula is C26H31N5O. The van der Waals surface area contributed by atoms with E-state index in [0.29, 0.717) is 18.0 Å². The van der Waals surface area contributed by atoms with Gasteiger partial charge in [0.1, 0.15) is 5.82 Å². The van der Waals surface area contributed by atoms with Crippen LogP contribution < -0.4 is 4.90 Å². The molecule has 0 unspecified atom stereocenters. The number of pyridine rings is 1. The van der Waals surface area contributed by atoms with Crippen molar-refractivity contribution in [2.75, 3.05) is 18.1 Å². The molecule has 2 atom stereocenters. The Kier molecular flexibility index (Phi) is 4.98. The highest BCUT2D eigenvalue weighted by molar-refractivity contribution is 5.91. The molecule has 0 spiro atoms. The van der Waals surface area contributed by atoms with E-state index in [9.17, 15) is 5.11 Å². The Hall–Kier alpha value is -2.73. The standard InChI is InChI=1S/C26H31N5O/c1-17-11-18(15-32)14-30(17)25-13-21(26-22(29-25)9-10-27-26)19-7-8-24-23(12-19)28-16-31(24)20-5-3-2-4-6-20/h7-8,10,12-13,16-18,20,32H,2-6,9,11,14-15H2,1H3/t17-,18+/m0/s1. The number of aromatic nitrogens is 3. The molecular weight excluding hydrogens is 398 g/mol. The lowest BCUT2D eigenvalue weighted by atomic mass is 9.95. The van der Waals surface area contributed by atoms with Gasteiger partial charge in [-0.3, -0.25) is 4.99 Å². The maximum atomic E-state index is 9.66. The van der Waals surface area contributed by atoms with E-state index in [4.69, 9.17) is 9.97 Å². The summed E-state index contributed by atoms with van der Waals surface area (Å²) in [5, 5.41) is 9.66. The van der Waals surface area contributed by atoms with Crippen molar-refractivity contribution < 1.29 is 5.11 Å². The van der Waals surface area contributed by atoms with Crippen molar-refractivity contribution in [2.45, 2.75) is 64.0 Å². The van der Waals surface area contributed by atoms with Crippen LogP contribution >= 0.6 is 0 Å². The Balaban J connectivity index is 1.40. The molecule has 6 rings (SSSR count). The first-order valence-corrected chi connectivity index (χ1v) is 12.1. The number of aliphatic imine (C=N–C) groups is 1. The van der Waals surface area contributed by atoms with Crippen molar-refractivity contribution in [2.24, 2.45) is 10.9 Å². The van der Waals surface area contributed by atoms with Crippen LogP contribution in [0.3, 0.4) is 0 Å². The van der Waals surface area contributed by atoms with Gasteiger partial charge in [-0.1, -0.05) is 25.3 Å². The van der Waals surface area contributed by atoms with Crippen molar-refractivity contribution in [1.29, 1.82) is 0 Å². The summed E-state index contributed by atoms with van der Waals surface area (Å²) < 4.78 is 2.39. The molecule has 3 aliphatic rings. The quantitative estimate of drug-likeness (QED) is 0.629. The molecule has 0 bridgehead atoms. The van der Waals surface area contributed by atoms with Gasteiger partial charge in [-0.2, -0.15) is 0 Å². The van der Waals surface area contributed by atoms with Crippen molar-refractivity contribution in [3.8, 4) is 11.1 Å². The third-order valence-corrected chi connectivity index (χ3v) is 7.62. The topological polar surface area (TPSA) is 66.5 Å². The maximum absolute atomic E-state index is 9.66. The number of aliphatic hydroxyl groups excluding tert-OH is 1. The van der Waals surface area contributed by atoms with Crippen LogP contribution in [0.2, 0.25) is 0 Å². The Morgan fingerprint density at radius 1 is 1.12 bits per heavy atom. The monoisotopic (exact) mass is 429 g/mol. The summed E-state index contributed by atoms with van der Waals surface area (Å²) in [5.41, 5.74) is 6.60. The Labute approximate surface area is 189 Å². The summed E-state index contributed by atoms with van der Waals surface area (Å²) in [6.07, 6.45) is 12.3. The van der Waals surface area contributed by atoms with Crippen LogP contribution in [0.1, 0.15) is 57.2 Å². The molecule has 3 aromatic rings. The summed E-state index contributed by atoms with van der Waals surface area (Å²) in [5.74, 6) is 1.32. The van der Waals surface area contributed by atoms with Crippen LogP contribution in [-0.2, 0) is 6.42 Å². The zero-order valence-corrected chi connectivity index (χ0v) is 18.7. The van der Waals surface area contributed by atoms with Crippen LogP contribution in [0.15, 0.2) is 35.6 Å². The number of hydrogen-bond acceptors (Lipinski definition) is 5. The molecule has 1 saturated heterocycles. The van der Waals surface area contributed by atoms with Crippen LogP contribution in [0.5, 0.6) is 0 Å². The molecule has 4 heterocycles. The lowest BCUT2D eigenvalue weighted by molar-refractivity contribution is 0.236. The van der Waals surface area contributed by atoms with E-state index in [0.717, 1.165) is 53.2 Å². The summed E-state index contributed by atoms with van der Waals surface area (Å²) in [7, 11) is 0. The molecule has 1 saturated carbocycles. The molecule has 2 aliphatic heterocycles. The number of hydrogen-bond donors (Lipinski definition) is 1. The van der Waals surface area contributed by atoms with Gasteiger partial charge in [-0.25, -0.2) is 9.97 Å². The van der Waals surface area contributed by atoms with Crippen molar-refractivity contribution >= 4 is 28.8 Å². The van der Waals surface area contributed by atoms with Gasteiger partial charge < -0.3 is 14.6 Å². The summed E-state index contributed by atoms with van der Waals surface area (Å²) in [4.78, 5) is 16.8. The van der Waals surface area contributed by atoms with Gasteiger partial charge in [0.25, 0.3) is 0 Å². The predicted octanol–water partition coefficient (Wildman–Crippen LogP) is 5.07. The number of anilines is 1. The Bertz CT molecular complexity index is 1180. The molecule has 1 aliphatic carbocycles. The molecule has 2 aromatic heterocycles. The van der Waals surface area contributed by atoms with E-state index >= 15 is 0 Å². The number of fused-ring (bicyclic) bond motifs is 2. The average molecular weight is 430 g/mol. The smallest absolute Gasteiger partial charge is 0.129 e. The Morgan fingerprint density at radius 3 is 2.81 bits per heavy atom. The minimum absolute atomic E-state index is 0.238. The largest absolute Gasteiger partial charge is 0.396 e. The van der Waals surface area contributed by atoms with Crippen LogP contribution in [-0.4, -0.2) is 45.0 Å². The summed E-state index contributed by atoms with van der Waals surface area (Å²) in [6, 6.07) is 9.82. The van der Waals surface area contributed by atoms with Gasteiger partial charge in [-0.05, 0) is 49.9 Å². The predicted molar refractivity (Wildman–Crippen MR) is 129 cm³/mol. The highest BCUT2D eigenvalue weighted by atomic mass is 16.3. The second-order valence-corrected chi connectivity index (χ2v) is 9.77. The van der Waals surface area contributed by atoms with Crippen LogP contribution in [0.25, 0.3) is 22.2 Å². The van der Waals surface area contributed by atoms with Gasteiger partial charge >= 0.3 is 0 Å². The number of rotatable bonds is 4. The lowest BCUT2D eigenvalue weighted by Gasteiger charge is -2.24. The average Bonchev–Trinajstić information content (AvgIpc) is 3.56. The number of imidazole rings is 1. The SMILES string of the molecule is C[C@H]1C[C@@H](CO)CN1c1cc(-c2ccc3c(c2)ncn3C2CCCCC2)c2c(n1)CC=N2. The highest BCUT2D eigenvalue weighted by Crippen LogP contribution is 2.41. The van der Waals surface area contributed by atoms with E-state index in [-0.39, 0.29) is 6.61 Å². The second kappa shape index (κ2) is 8.00. The first-order chi connectivity index (χ1) is 15.7. The maximum Gasteiger partial charge on any atom is 0.129 e. The van der Waals surface area contributed by atoms with Crippen molar-refractivity contribution in [3.05, 3.63) is 36.3 Å². The first-order valence-electron chi connectivity index (χ1n) is 12.1. The summed E-state index contributed by atoms with van der Waals surface area (Å²) in [6.45, 7) is 3.32. The normalized spacial score (nSPS) is 23.4. The first kappa shape index (κ1) is 19.9. The fraction of sp³-hybridized carbons (Fsp3) is 0.500. The fourth-order valence-electron chi connectivity index (χ4n) is 5.90. The van der Waals surface area contributed by atoms with E-state index < -0.39 is 0 Å².